The number of benzene rings is 2. The second kappa shape index (κ2) is 8.51. The van der Waals surface area contributed by atoms with E-state index >= 15 is 0 Å². The Morgan fingerprint density at radius 1 is 1.12 bits per heavy atom. The topological polar surface area (TPSA) is 66.5 Å². The molecule has 7 heteroatoms. The molecule has 0 aliphatic carbocycles. The third kappa shape index (κ3) is 5.07. The normalized spacial score (nSPS) is 12.8. The van der Waals surface area contributed by atoms with E-state index in [2.05, 4.69) is 5.32 Å². The van der Waals surface area contributed by atoms with Crippen molar-refractivity contribution in [1.29, 1.82) is 0 Å². The summed E-state index contributed by atoms with van der Waals surface area (Å²) in [6, 6.07) is 16.0. The summed E-state index contributed by atoms with van der Waals surface area (Å²) in [7, 11) is -2.29. The van der Waals surface area contributed by atoms with Gasteiger partial charge in [0.2, 0.25) is 15.9 Å². The summed E-state index contributed by atoms with van der Waals surface area (Å²) in [5.41, 5.74) is 0.967. The lowest BCUT2D eigenvalue weighted by Crippen LogP contribution is -2.39. The first-order valence-corrected chi connectivity index (χ1v) is 10.5. The van der Waals surface area contributed by atoms with Crippen LogP contribution in [0.2, 0.25) is 0 Å². The first kappa shape index (κ1) is 19.5. The molecule has 0 unspecified atom stereocenters. The molecule has 0 aromatic heterocycles. The smallest absolute Gasteiger partial charge is 0.243 e. The van der Waals surface area contributed by atoms with Gasteiger partial charge in [-0.1, -0.05) is 30.3 Å². The summed E-state index contributed by atoms with van der Waals surface area (Å²) < 4.78 is 26.2. The van der Waals surface area contributed by atoms with Gasteiger partial charge in [-0.2, -0.15) is 4.31 Å². The maximum atomic E-state index is 12.6. The Labute approximate surface area is 153 Å². The number of amides is 1. The fourth-order valence-corrected chi connectivity index (χ4v) is 3.86. The molecule has 134 valence electrons. The zero-order valence-corrected chi connectivity index (χ0v) is 16.1. The van der Waals surface area contributed by atoms with Crippen molar-refractivity contribution >= 4 is 27.7 Å². The van der Waals surface area contributed by atoms with Gasteiger partial charge < -0.3 is 5.32 Å². The van der Waals surface area contributed by atoms with Crippen molar-refractivity contribution in [1.82, 2.24) is 9.62 Å². The van der Waals surface area contributed by atoms with Gasteiger partial charge in [0.05, 0.1) is 17.5 Å². The van der Waals surface area contributed by atoms with Crippen LogP contribution in [0.4, 0.5) is 0 Å². The number of thioether (sulfide) groups is 1. The van der Waals surface area contributed by atoms with E-state index in [0.717, 1.165) is 14.8 Å². The number of nitrogens with zero attached hydrogens (tertiary/aromatic N) is 1. The molecule has 0 fully saturated rings. The van der Waals surface area contributed by atoms with Crippen molar-refractivity contribution in [3.63, 3.8) is 0 Å². The summed E-state index contributed by atoms with van der Waals surface area (Å²) in [6.45, 7) is 1.63. The van der Waals surface area contributed by atoms with E-state index in [9.17, 15) is 13.2 Å². The zero-order chi connectivity index (χ0) is 18.4. The van der Waals surface area contributed by atoms with Crippen LogP contribution in [0.15, 0.2) is 64.4 Å². The van der Waals surface area contributed by atoms with E-state index in [1.807, 2.05) is 43.5 Å². The van der Waals surface area contributed by atoms with Crippen molar-refractivity contribution in [3.8, 4) is 0 Å². The third-order valence-electron chi connectivity index (χ3n) is 3.81. The lowest BCUT2D eigenvalue weighted by atomic mass is 10.1. The molecule has 25 heavy (non-hydrogen) atoms. The van der Waals surface area contributed by atoms with Gasteiger partial charge in [-0.3, -0.25) is 4.79 Å². The molecular formula is C18H22N2O3S2. The molecule has 0 saturated heterocycles. The number of likely N-dealkylation sites (N-methyl/N-ethyl adjacent to an activating group) is 1. The number of nitrogens with one attached hydrogen (secondary N) is 1. The molecule has 2 aromatic carbocycles. The number of hydrogen-bond donors (Lipinski definition) is 1. The minimum absolute atomic E-state index is 0.178. The van der Waals surface area contributed by atoms with Gasteiger partial charge in [0.1, 0.15) is 0 Å². The van der Waals surface area contributed by atoms with Crippen LogP contribution in [0.1, 0.15) is 18.5 Å². The van der Waals surface area contributed by atoms with Gasteiger partial charge >= 0.3 is 0 Å². The van der Waals surface area contributed by atoms with E-state index in [1.54, 1.807) is 24.3 Å². The Bertz CT molecular complexity index is 806. The van der Waals surface area contributed by atoms with Gasteiger partial charge in [-0.15, -0.1) is 11.8 Å². The molecule has 1 atom stereocenters. The highest BCUT2D eigenvalue weighted by molar-refractivity contribution is 7.98. The molecule has 0 radical (unpaired) electrons. The lowest BCUT2D eigenvalue weighted by Gasteiger charge is -2.19. The number of rotatable bonds is 7. The molecule has 0 aliphatic rings. The number of carbonyl (C=O) groups excluding carboxylic acids is 1. The average molecular weight is 379 g/mol. The number of sulfonamides is 1. The minimum atomic E-state index is -3.70. The molecule has 0 bridgehead atoms. The quantitative estimate of drug-likeness (QED) is 0.753. The first-order chi connectivity index (χ1) is 11.8. The SMILES string of the molecule is CSc1ccc(S(=O)(=O)N(C)CC(=O)N[C@H](C)c2ccccc2)cc1. The standard InChI is InChI=1S/C18H22N2O3S2/c1-14(15-7-5-4-6-8-15)19-18(21)13-20(2)25(22,23)17-11-9-16(24-3)10-12-17/h4-12,14H,13H2,1-3H3,(H,19,21)/t14-/m1/s1. The molecule has 0 aliphatic heterocycles. The molecule has 0 saturated carbocycles. The Morgan fingerprint density at radius 2 is 1.72 bits per heavy atom. The summed E-state index contributed by atoms with van der Waals surface area (Å²) in [6.07, 6.45) is 1.92. The van der Waals surface area contributed by atoms with Crippen LogP contribution >= 0.6 is 11.8 Å². The summed E-state index contributed by atoms with van der Waals surface area (Å²) in [4.78, 5) is 13.4. The first-order valence-electron chi connectivity index (χ1n) is 7.79. The summed E-state index contributed by atoms with van der Waals surface area (Å²) >= 11 is 1.54. The maximum absolute atomic E-state index is 12.6. The fourth-order valence-electron chi connectivity index (χ4n) is 2.33. The monoisotopic (exact) mass is 378 g/mol. The molecule has 0 spiro atoms. The predicted octanol–water partition coefficient (Wildman–Crippen LogP) is 2.91. The van der Waals surface area contributed by atoms with Crippen LogP contribution in [-0.4, -0.2) is 38.5 Å². The van der Waals surface area contributed by atoms with Crippen molar-refractivity contribution in [3.05, 3.63) is 60.2 Å². The van der Waals surface area contributed by atoms with Crippen molar-refractivity contribution < 1.29 is 13.2 Å². The van der Waals surface area contributed by atoms with E-state index in [1.165, 1.54) is 18.8 Å². The van der Waals surface area contributed by atoms with Crippen LogP contribution < -0.4 is 5.32 Å². The Morgan fingerprint density at radius 3 is 2.28 bits per heavy atom. The summed E-state index contributed by atoms with van der Waals surface area (Å²) in [5.74, 6) is -0.344. The maximum Gasteiger partial charge on any atom is 0.243 e. The van der Waals surface area contributed by atoms with E-state index < -0.39 is 10.0 Å². The molecule has 2 aromatic rings. The van der Waals surface area contributed by atoms with Gasteiger partial charge in [0.15, 0.2) is 0 Å². The average Bonchev–Trinajstić information content (AvgIpc) is 2.62. The number of carbonyl (C=O) groups is 1. The van der Waals surface area contributed by atoms with Crippen LogP contribution in [0.25, 0.3) is 0 Å². The third-order valence-corrected chi connectivity index (χ3v) is 6.37. The van der Waals surface area contributed by atoms with E-state index in [-0.39, 0.29) is 23.4 Å². The highest BCUT2D eigenvalue weighted by Crippen LogP contribution is 2.20. The molecule has 1 N–H and O–H groups in total. The lowest BCUT2D eigenvalue weighted by molar-refractivity contribution is -0.121. The Hall–Kier alpha value is -1.83. The second-order valence-electron chi connectivity index (χ2n) is 5.64. The minimum Gasteiger partial charge on any atom is -0.348 e. The Kier molecular flexibility index (Phi) is 6.64. The molecule has 1 amide bonds. The van der Waals surface area contributed by atoms with Crippen LogP contribution in [0.3, 0.4) is 0 Å². The van der Waals surface area contributed by atoms with Gasteiger partial charge in [0.25, 0.3) is 0 Å². The molecule has 2 rings (SSSR count). The highest BCUT2D eigenvalue weighted by Gasteiger charge is 2.23. The van der Waals surface area contributed by atoms with Gasteiger partial charge in [-0.25, -0.2) is 8.42 Å². The fraction of sp³-hybridized carbons (Fsp3) is 0.278. The van der Waals surface area contributed by atoms with Crippen LogP contribution in [0.5, 0.6) is 0 Å². The van der Waals surface area contributed by atoms with Crippen LogP contribution in [0, 0.1) is 0 Å². The predicted molar refractivity (Wildman–Crippen MR) is 101 cm³/mol. The van der Waals surface area contributed by atoms with Crippen molar-refractivity contribution in [2.75, 3.05) is 19.8 Å². The zero-order valence-electron chi connectivity index (χ0n) is 14.5. The largest absolute Gasteiger partial charge is 0.348 e. The summed E-state index contributed by atoms with van der Waals surface area (Å²) in [5, 5.41) is 2.82. The van der Waals surface area contributed by atoms with Gasteiger partial charge in [0, 0.05) is 11.9 Å². The molecule has 5 nitrogen and oxygen atoms in total. The molecular weight excluding hydrogens is 356 g/mol. The molecule has 0 heterocycles. The highest BCUT2D eigenvalue weighted by atomic mass is 32.2. The second-order valence-corrected chi connectivity index (χ2v) is 8.56. The van der Waals surface area contributed by atoms with Crippen LogP contribution in [-0.2, 0) is 14.8 Å². The van der Waals surface area contributed by atoms with E-state index in [4.69, 9.17) is 0 Å². The van der Waals surface area contributed by atoms with E-state index in [0.29, 0.717) is 0 Å². The Balaban J connectivity index is 2.01. The van der Waals surface area contributed by atoms with Crippen molar-refractivity contribution in [2.24, 2.45) is 0 Å². The van der Waals surface area contributed by atoms with Crippen molar-refractivity contribution in [2.45, 2.75) is 22.8 Å². The number of hydrogen-bond acceptors (Lipinski definition) is 4. The van der Waals surface area contributed by atoms with Gasteiger partial charge in [-0.05, 0) is 43.0 Å².